The van der Waals surface area contributed by atoms with E-state index in [0.29, 0.717) is 32.6 Å². The molecule has 2 rings (SSSR count). The normalized spacial score (nSPS) is 23.9. The van der Waals surface area contributed by atoms with Crippen LogP contribution in [0.1, 0.15) is 65.2 Å². The van der Waals surface area contributed by atoms with Crippen molar-refractivity contribution in [3.63, 3.8) is 0 Å². The number of carbonyl (C=O) groups is 1. The first-order valence-corrected chi connectivity index (χ1v) is 8.99. The van der Waals surface area contributed by atoms with Crippen molar-refractivity contribution in [2.45, 2.75) is 71.5 Å². The number of nitriles is 1. The average Bonchev–Trinajstić information content (AvgIpc) is 3.14. The van der Waals surface area contributed by atoms with E-state index in [0.717, 1.165) is 38.5 Å². The van der Waals surface area contributed by atoms with Gasteiger partial charge in [0.05, 0.1) is 19.3 Å². The quantitative estimate of drug-likeness (QED) is 0.731. The Morgan fingerprint density at radius 3 is 2.52 bits per heavy atom. The fraction of sp³-hybridized carbons (Fsp3) is 0.889. The monoisotopic (exact) mass is 322 g/mol. The zero-order valence-corrected chi connectivity index (χ0v) is 14.5. The van der Waals surface area contributed by atoms with Gasteiger partial charge in [0, 0.05) is 12.0 Å². The second-order valence-electron chi connectivity index (χ2n) is 7.20. The van der Waals surface area contributed by atoms with Gasteiger partial charge in [0.25, 0.3) is 0 Å². The summed E-state index contributed by atoms with van der Waals surface area (Å²) in [5.74, 6) is -0.0775. The van der Waals surface area contributed by atoms with Crippen LogP contribution in [-0.2, 0) is 14.3 Å². The molecule has 1 aliphatic heterocycles. The summed E-state index contributed by atoms with van der Waals surface area (Å²) in [4.78, 5) is 12.4. The van der Waals surface area contributed by atoms with Crippen LogP contribution in [-0.4, -0.2) is 32.0 Å². The molecular weight excluding hydrogens is 292 g/mol. The third-order valence-corrected chi connectivity index (χ3v) is 5.56. The molecule has 1 atom stereocenters. The standard InChI is InChI=1S/C18H30N2O3/c1-3-17(2,16-22-12-13-23-16)8-7-11-20-15(21)18(14-19)9-5-4-6-10-18/h16H,3-13H2,1-2H3,(H,20,21)/t17-/m0/s1. The molecule has 0 unspecified atom stereocenters. The maximum Gasteiger partial charge on any atom is 0.240 e. The number of rotatable bonds is 7. The number of hydrogen-bond acceptors (Lipinski definition) is 4. The summed E-state index contributed by atoms with van der Waals surface area (Å²) >= 11 is 0. The number of nitrogens with one attached hydrogen (secondary N) is 1. The number of amides is 1. The third kappa shape index (κ3) is 4.24. The predicted octanol–water partition coefficient (Wildman–Crippen LogP) is 3.15. The molecular formula is C18H30N2O3. The second-order valence-corrected chi connectivity index (χ2v) is 7.20. The summed E-state index contributed by atoms with van der Waals surface area (Å²) in [6, 6.07) is 2.28. The molecule has 5 nitrogen and oxygen atoms in total. The molecule has 5 heteroatoms. The highest BCUT2D eigenvalue weighted by Gasteiger charge is 2.40. The van der Waals surface area contributed by atoms with Gasteiger partial charge < -0.3 is 14.8 Å². The molecule has 0 spiro atoms. The van der Waals surface area contributed by atoms with Crippen LogP contribution < -0.4 is 5.32 Å². The van der Waals surface area contributed by atoms with Gasteiger partial charge >= 0.3 is 0 Å². The highest BCUT2D eigenvalue weighted by Crippen LogP contribution is 2.37. The molecule has 2 fully saturated rings. The van der Waals surface area contributed by atoms with Crippen LogP contribution in [0, 0.1) is 22.2 Å². The van der Waals surface area contributed by atoms with Crippen molar-refractivity contribution in [2.24, 2.45) is 10.8 Å². The van der Waals surface area contributed by atoms with Gasteiger partial charge in [-0.2, -0.15) is 5.26 Å². The summed E-state index contributed by atoms with van der Waals surface area (Å²) in [7, 11) is 0. The summed E-state index contributed by atoms with van der Waals surface area (Å²) in [6.45, 7) is 6.28. The summed E-state index contributed by atoms with van der Waals surface area (Å²) in [5.41, 5.74) is -0.803. The van der Waals surface area contributed by atoms with Crippen molar-refractivity contribution < 1.29 is 14.3 Å². The molecule has 1 heterocycles. The fourth-order valence-corrected chi connectivity index (χ4v) is 3.63. The lowest BCUT2D eigenvalue weighted by atomic mass is 9.74. The Morgan fingerprint density at radius 1 is 1.30 bits per heavy atom. The zero-order chi connectivity index (χ0) is 16.8. The van der Waals surface area contributed by atoms with Crippen LogP contribution >= 0.6 is 0 Å². The van der Waals surface area contributed by atoms with Gasteiger partial charge in [-0.15, -0.1) is 0 Å². The Balaban J connectivity index is 1.77. The lowest BCUT2D eigenvalue weighted by molar-refractivity contribution is -0.132. The van der Waals surface area contributed by atoms with Crippen molar-refractivity contribution >= 4 is 5.91 Å². The number of nitrogens with zero attached hydrogens (tertiary/aromatic N) is 1. The maximum absolute atomic E-state index is 12.4. The molecule has 23 heavy (non-hydrogen) atoms. The van der Waals surface area contributed by atoms with Crippen molar-refractivity contribution in [3.8, 4) is 6.07 Å². The lowest BCUT2D eigenvalue weighted by Gasteiger charge is -2.33. The van der Waals surface area contributed by atoms with Crippen molar-refractivity contribution in [3.05, 3.63) is 0 Å². The number of carbonyl (C=O) groups excluding carboxylic acids is 1. The van der Waals surface area contributed by atoms with Crippen LogP contribution in [0.3, 0.4) is 0 Å². The van der Waals surface area contributed by atoms with E-state index < -0.39 is 5.41 Å². The van der Waals surface area contributed by atoms with Gasteiger partial charge in [0.2, 0.25) is 5.91 Å². The van der Waals surface area contributed by atoms with Gasteiger partial charge in [-0.25, -0.2) is 0 Å². The first-order chi connectivity index (χ1) is 11.1. The molecule has 1 amide bonds. The van der Waals surface area contributed by atoms with E-state index in [-0.39, 0.29) is 17.6 Å². The van der Waals surface area contributed by atoms with Crippen LogP contribution in [0.15, 0.2) is 0 Å². The molecule has 2 aliphatic rings. The lowest BCUT2D eigenvalue weighted by Crippen LogP contribution is -2.42. The van der Waals surface area contributed by atoms with Crippen molar-refractivity contribution in [1.82, 2.24) is 5.32 Å². The Bertz CT molecular complexity index is 434. The maximum atomic E-state index is 12.4. The first-order valence-electron chi connectivity index (χ1n) is 8.99. The van der Waals surface area contributed by atoms with E-state index in [1.54, 1.807) is 0 Å². The molecule has 0 bridgehead atoms. The van der Waals surface area contributed by atoms with Gasteiger partial charge in [-0.1, -0.05) is 33.1 Å². The van der Waals surface area contributed by atoms with E-state index in [2.05, 4.69) is 25.2 Å². The van der Waals surface area contributed by atoms with Crippen molar-refractivity contribution in [1.29, 1.82) is 5.26 Å². The van der Waals surface area contributed by atoms with Gasteiger partial charge in [0.1, 0.15) is 5.41 Å². The van der Waals surface area contributed by atoms with Crippen LogP contribution in [0.4, 0.5) is 0 Å². The molecule has 1 aliphatic carbocycles. The van der Waals surface area contributed by atoms with Crippen LogP contribution in [0.25, 0.3) is 0 Å². The Labute approximate surface area is 139 Å². The largest absolute Gasteiger partial charge is 0.355 e. The van der Waals surface area contributed by atoms with Crippen molar-refractivity contribution in [2.75, 3.05) is 19.8 Å². The minimum absolute atomic E-state index is 0.0149. The Hall–Kier alpha value is -1.12. The smallest absolute Gasteiger partial charge is 0.240 e. The Kier molecular flexibility index (Phi) is 6.43. The zero-order valence-electron chi connectivity index (χ0n) is 14.5. The molecule has 1 saturated carbocycles. The SMILES string of the molecule is CC[C@@](C)(CCCNC(=O)C1(C#N)CCCCC1)C1OCCO1. The molecule has 130 valence electrons. The van der Waals surface area contributed by atoms with Gasteiger partial charge in [-0.3, -0.25) is 4.79 Å². The molecule has 1 saturated heterocycles. The Morgan fingerprint density at radius 2 is 1.96 bits per heavy atom. The molecule has 0 radical (unpaired) electrons. The van der Waals surface area contributed by atoms with E-state index in [4.69, 9.17) is 9.47 Å². The minimum atomic E-state index is -0.788. The molecule has 0 aromatic heterocycles. The van der Waals surface area contributed by atoms with E-state index in [9.17, 15) is 10.1 Å². The van der Waals surface area contributed by atoms with E-state index in [1.807, 2.05) is 0 Å². The highest BCUT2D eigenvalue weighted by atomic mass is 16.7. The number of hydrogen-bond donors (Lipinski definition) is 1. The number of ether oxygens (including phenoxy) is 2. The van der Waals surface area contributed by atoms with Crippen LogP contribution in [0.5, 0.6) is 0 Å². The fourth-order valence-electron chi connectivity index (χ4n) is 3.63. The third-order valence-electron chi connectivity index (χ3n) is 5.56. The van der Waals surface area contributed by atoms with E-state index >= 15 is 0 Å². The van der Waals surface area contributed by atoms with E-state index in [1.165, 1.54) is 0 Å². The molecule has 0 aromatic carbocycles. The van der Waals surface area contributed by atoms with Gasteiger partial charge in [0.15, 0.2) is 6.29 Å². The van der Waals surface area contributed by atoms with Crippen LogP contribution in [0.2, 0.25) is 0 Å². The molecule has 0 aromatic rings. The molecule has 1 N–H and O–H groups in total. The average molecular weight is 322 g/mol. The topological polar surface area (TPSA) is 71.4 Å². The summed E-state index contributed by atoms with van der Waals surface area (Å²) in [6.07, 6.45) is 7.15. The highest BCUT2D eigenvalue weighted by molar-refractivity contribution is 5.85. The first kappa shape index (κ1) is 18.2. The van der Waals surface area contributed by atoms with Gasteiger partial charge in [-0.05, 0) is 32.1 Å². The minimum Gasteiger partial charge on any atom is -0.355 e. The summed E-state index contributed by atoms with van der Waals surface area (Å²) in [5, 5.41) is 12.4. The predicted molar refractivity (Wildman–Crippen MR) is 87.5 cm³/mol. The second kappa shape index (κ2) is 8.12. The summed E-state index contributed by atoms with van der Waals surface area (Å²) < 4.78 is 11.3.